The highest BCUT2D eigenvalue weighted by molar-refractivity contribution is 7.89. The van der Waals surface area contributed by atoms with Crippen molar-refractivity contribution in [1.29, 1.82) is 0 Å². The van der Waals surface area contributed by atoms with Gasteiger partial charge >= 0.3 is 0 Å². The standard InChI is InChI=1S/C20H28N4O3S/c1-20(2,3)15-6-8-17(9-7-15)28(25,26)24-11-10-16(14-24)27-19-13-21-12-18(22-19)23(4)5/h6-9,12-13,16H,10-11,14H2,1-5H3. The molecular formula is C20H28N4O3S. The lowest BCUT2D eigenvalue weighted by Crippen LogP contribution is -2.31. The first kappa shape index (κ1) is 20.5. The molecule has 1 aromatic heterocycles. The Kier molecular flexibility index (Phi) is 5.63. The Balaban J connectivity index is 1.69. The second-order valence-corrected chi connectivity index (χ2v) is 10.2. The summed E-state index contributed by atoms with van der Waals surface area (Å²) in [5.41, 5.74) is 1.09. The van der Waals surface area contributed by atoms with Crippen molar-refractivity contribution in [3.63, 3.8) is 0 Å². The van der Waals surface area contributed by atoms with Crippen LogP contribution >= 0.6 is 0 Å². The molecule has 2 heterocycles. The van der Waals surface area contributed by atoms with E-state index in [1.54, 1.807) is 24.5 Å². The van der Waals surface area contributed by atoms with E-state index in [9.17, 15) is 8.42 Å². The molecule has 0 radical (unpaired) electrons. The maximum Gasteiger partial charge on any atom is 0.243 e. The van der Waals surface area contributed by atoms with Crippen LogP contribution in [0.2, 0.25) is 0 Å². The smallest absolute Gasteiger partial charge is 0.243 e. The summed E-state index contributed by atoms with van der Waals surface area (Å²) in [4.78, 5) is 10.7. The summed E-state index contributed by atoms with van der Waals surface area (Å²) < 4.78 is 33.3. The first-order valence-electron chi connectivity index (χ1n) is 9.34. The number of aromatic nitrogens is 2. The third-order valence-electron chi connectivity index (χ3n) is 4.81. The monoisotopic (exact) mass is 404 g/mol. The van der Waals surface area contributed by atoms with E-state index in [1.165, 1.54) is 4.31 Å². The molecule has 2 aromatic rings. The van der Waals surface area contributed by atoms with Crippen LogP contribution in [0.3, 0.4) is 0 Å². The summed E-state index contributed by atoms with van der Waals surface area (Å²) >= 11 is 0. The fraction of sp³-hybridized carbons (Fsp3) is 0.500. The highest BCUT2D eigenvalue weighted by Gasteiger charge is 2.34. The van der Waals surface area contributed by atoms with Crippen LogP contribution in [0.5, 0.6) is 5.88 Å². The minimum atomic E-state index is -3.54. The van der Waals surface area contributed by atoms with E-state index in [0.717, 1.165) is 5.56 Å². The van der Waals surface area contributed by atoms with Crippen LogP contribution in [0.25, 0.3) is 0 Å². The largest absolute Gasteiger partial charge is 0.472 e. The quantitative estimate of drug-likeness (QED) is 0.763. The van der Waals surface area contributed by atoms with Gasteiger partial charge in [0.05, 0.1) is 23.8 Å². The zero-order valence-electron chi connectivity index (χ0n) is 17.1. The van der Waals surface area contributed by atoms with E-state index < -0.39 is 10.0 Å². The number of sulfonamides is 1. The Morgan fingerprint density at radius 2 is 1.82 bits per heavy atom. The molecule has 1 aliphatic rings. The second-order valence-electron chi connectivity index (χ2n) is 8.28. The molecule has 1 atom stereocenters. The summed E-state index contributed by atoms with van der Waals surface area (Å²) in [6.45, 7) is 7.04. The average Bonchev–Trinajstić information content (AvgIpc) is 3.10. The lowest BCUT2D eigenvalue weighted by atomic mass is 9.87. The van der Waals surface area contributed by atoms with Crippen molar-refractivity contribution >= 4 is 15.8 Å². The number of hydrogen-bond donors (Lipinski definition) is 0. The van der Waals surface area contributed by atoms with Gasteiger partial charge in [0.15, 0.2) is 5.82 Å². The third kappa shape index (κ3) is 4.44. The molecule has 0 N–H and O–H groups in total. The molecule has 7 nitrogen and oxygen atoms in total. The van der Waals surface area contributed by atoms with Gasteiger partial charge in [-0.1, -0.05) is 32.9 Å². The van der Waals surface area contributed by atoms with Crippen LogP contribution in [0.1, 0.15) is 32.8 Å². The zero-order valence-corrected chi connectivity index (χ0v) is 17.9. The van der Waals surface area contributed by atoms with Crippen molar-refractivity contribution in [2.45, 2.75) is 43.6 Å². The number of anilines is 1. The van der Waals surface area contributed by atoms with Gasteiger partial charge in [-0.05, 0) is 29.5 Å². The van der Waals surface area contributed by atoms with Crippen LogP contribution in [0, 0.1) is 0 Å². The van der Waals surface area contributed by atoms with Crippen LogP contribution in [-0.2, 0) is 15.4 Å². The summed E-state index contributed by atoms with van der Waals surface area (Å²) in [6, 6.07) is 7.16. The molecule has 0 aliphatic carbocycles. The zero-order chi connectivity index (χ0) is 20.5. The van der Waals surface area contributed by atoms with Crippen LogP contribution in [0.4, 0.5) is 5.82 Å². The van der Waals surface area contributed by atoms with Gasteiger partial charge in [0.25, 0.3) is 0 Å². The third-order valence-corrected chi connectivity index (χ3v) is 6.69. The van der Waals surface area contributed by atoms with Gasteiger partial charge in [0.2, 0.25) is 15.9 Å². The highest BCUT2D eigenvalue weighted by atomic mass is 32.2. The lowest BCUT2D eigenvalue weighted by Gasteiger charge is -2.21. The van der Waals surface area contributed by atoms with Gasteiger partial charge in [0, 0.05) is 20.6 Å². The Morgan fingerprint density at radius 3 is 2.43 bits per heavy atom. The highest BCUT2D eigenvalue weighted by Crippen LogP contribution is 2.27. The SMILES string of the molecule is CN(C)c1cncc(OC2CCN(S(=O)(=O)c3ccc(C(C)(C)C)cc3)C2)n1. The molecule has 0 saturated carbocycles. The maximum absolute atomic E-state index is 13.0. The molecule has 1 aliphatic heterocycles. The first-order chi connectivity index (χ1) is 13.1. The summed E-state index contributed by atoms with van der Waals surface area (Å²) in [5, 5.41) is 0. The lowest BCUT2D eigenvalue weighted by molar-refractivity contribution is 0.206. The molecule has 0 spiro atoms. The fourth-order valence-corrected chi connectivity index (χ4v) is 4.56. The van der Waals surface area contributed by atoms with Crippen molar-refractivity contribution < 1.29 is 13.2 Å². The summed E-state index contributed by atoms with van der Waals surface area (Å²) in [7, 11) is 0.216. The van der Waals surface area contributed by atoms with E-state index in [2.05, 4.69) is 30.7 Å². The van der Waals surface area contributed by atoms with Crippen LogP contribution in [0.15, 0.2) is 41.6 Å². The average molecular weight is 405 g/mol. The summed E-state index contributed by atoms with van der Waals surface area (Å²) in [6.07, 6.45) is 3.58. The number of hydrogen-bond acceptors (Lipinski definition) is 6. The molecule has 8 heteroatoms. The Hall–Kier alpha value is -2.19. The molecule has 152 valence electrons. The predicted molar refractivity (Wildman–Crippen MR) is 109 cm³/mol. The molecule has 1 aromatic carbocycles. The normalized spacial score (nSPS) is 18.2. The molecule has 1 fully saturated rings. The molecular weight excluding hydrogens is 376 g/mol. The minimum absolute atomic E-state index is 0.0169. The molecule has 3 rings (SSSR count). The minimum Gasteiger partial charge on any atom is -0.472 e. The van der Waals surface area contributed by atoms with Gasteiger partial charge in [-0.3, -0.25) is 4.98 Å². The van der Waals surface area contributed by atoms with Gasteiger partial charge in [-0.2, -0.15) is 9.29 Å². The van der Waals surface area contributed by atoms with Gasteiger partial charge in [-0.25, -0.2) is 8.42 Å². The molecule has 0 amide bonds. The van der Waals surface area contributed by atoms with Crippen LogP contribution < -0.4 is 9.64 Å². The topological polar surface area (TPSA) is 75.6 Å². The van der Waals surface area contributed by atoms with Crippen molar-refractivity contribution in [3.05, 3.63) is 42.2 Å². The van der Waals surface area contributed by atoms with Crippen LogP contribution in [-0.4, -0.2) is 56.0 Å². The first-order valence-corrected chi connectivity index (χ1v) is 10.8. The number of benzene rings is 1. The van der Waals surface area contributed by atoms with E-state index in [0.29, 0.717) is 36.1 Å². The molecule has 0 bridgehead atoms. The van der Waals surface area contributed by atoms with E-state index >= 15 is 0 Å². The van der Waals surface area contributed by atoms with Crippen molar-refractivity contribution in [3.8, 4) is 5.88 Å². The van der Waals surface area contributed by atoms with Crippen molar-refractivity contribution in [2.75, 3.05) is 32.1 Å². The van der Waals surface area contributed by atoms with Crippen molar-refractivity contribution in [1.82, 2.24) is 14.3 Å². The summed E-state index contributed by atoms with van der Waals surface area (Å²) in [5.74, 6) is 1.10. The predicted octanol–water partition coefficient (Wildman–Crippen LogP) is 2.68. The Bertz CT molecular complexity index is 921. The van der Waals surface area contributed by atoms with Gasteiger partial charge in [-0.15, -0.1) is 0 Å². The van der Waals surface area contributed by atoms with E-state index in [-0.39, 0.29) is 11.5 Å². The second kappa shape index (κ2) is 7.67. The fourth-order valence-electron chi connectivity index (χ4n) is 3.07. The Morgan fingerprint density at radius 1 is 1.14 bits per heavy atom. The Labute approximate surface area is 167 Å². The van der Waals surface area contributed by atoms with Gasteiger partial charge < -0.3 is 9.64 Å². The molecule has 1 saturated heterocycles. The van der Waals surface area contributed by atoms with Crippen molar-refractivity contribution in [2.24, 2.45) is 0 Å². The van der Waals surface area contributed by atoms with E-state index in [1.807, 2.05) is 31.1 Å². The molecule has 28 heavy (non-hydrogen) atoms. The van der Waals surface area contributed by atoms with E-state index in [4.69, 9.17) is 4.74 Å². The number of ether oxygens (including phenoxy) is 1. The number of rotatable bonds is 5. The maximum atomic E-state index is 13.0. The molecule has 1 unspecified atom stereocenters. The van der Waals surface area contributed by atoms with Gasteiger partial charge in [0.1, 0.15) is 6.10 Å². The number of nitrogens with zero attached hydrogens (tertiary/aromatic N) is 4.